The van der Waals surface area contributed by atoms with E-state index < -0.39 is 11.9 Å². The summed E-state index contributed by atoms with van der Waals surface area (Å²) in [5.74, 6) is -1.36. The van der Waals surface area contributed by atoms with Crippen LogP contribution >= 0.6 is 24.8 Å². The highest BCUT2D eigenvalue weighted by Crippen LogP contribution is 2.30. The smallest absolute Gasteiger partial charge is 0.314 e. The standard InChI is InChI=1S/C21H18N4O4.2ClH/c22-19(23)11-3-4-16-13(5-11)8-18(29-16)15(21(26)27)9-14-6-10-1-2-12(20(24)25)7-17(10)28-14;;/h1-8,15H,9H2,(H3,22,23)(H3,24,25)(H,26,27);2*1H. The number of furan rings is 2. The summed E-state index contributed by atoms with van der Waals surface area (Å²) in [6.07, 6.45) is 0.0960. The van der Waals surface area contributed by atoms with Crippen LogP contribution in [-0.4, -0.2) is 22.7 Å². The van der Waals surface area contributed by atoms with Crippen LogP contribution in [0.5, 0.6) is 0 Å². The molecule has 0 aliphatic carbocycles. The summed E-state index contributed by atoms with van der Waals surface area (Å²) in [7, 11) is 0. The van der Waals surface area contributed by atoms with Crippen LogP contribution in [0.25, 0.3) is 21.9 Å². The van der Waals surface area contributed by atoms with Crippen molar-refractivity contribution in [2.45, 2.75) is 12.3 Å². The van der Waals surface area contributed by atoms with Gasteiger partial charge in [0.05, 0.1) is 0 Å². The molecule has 4 aromatic rings. The Morgan fingerprint density at radius 2 is 1.52 bits per heavy atom. The Hall–Kier alpha value is -3.49. The number of carboxylic acids is 1. The first-order chi connectivity index (χ1) is 13.8. The Morgan fingerprint density at radius 3 is 2.16 bits per heavy atom. The molecule has 0 aliphatic rings. The van der Waals surface area contributed by atoms with E-state index in [1.54, 1.807) is 48.5 Å². The average Bonchev–Trinajstić information content (AvgIpc) is 3.27. The molecule has 162 valence electrons. The highest BCUT2D eigenvalue weighted by molar-refractivity contribution is 5.99. The summed E-state index contributed by atoms with van der Waals surface area (Å²) in [6.45, 7) is 0. The zero-order valence-electron chi connectivity index (χ0n) is 16.0. The number of amidine groups is 2. The Morgan fingerprint density at radius 1 is 0.871 bits per heavy atom. The number of halogens is 2. The number of hydrogen-bond acceptors (Lipinski definition) is 5. The summed E-state index contributed by atoms with van der Waals surface area (Å²) in [5, 5.41) is 26.3. The Labute approximate surface area is 189 Å². The highest BCUT2D eigenvalue weighted by atomic mass is 35.5. The van der Waals surface area contributed by atoms with Gasteiger partial charge >= 0.3 is 5.97 Å². The van der Waals surface area contributed by atoms with E-state index in [-0.39, 0.29) is 48.7 Å². The van der Waals surface area contributed by atoms with Crippen LogP contribution in [0.1, 0.15) is 28.6 Å². The normalized spacial score (nSPS) is 11.5. The van der Waals surface area contributed by atoms with Gasteiger partial charge in [-0.25, -0.2) is 0 Å². The fourth-order valence-corrected chi connectivity index (χ4v) is 3.27. The quantitative estimate of drug-likeness (QED) is 0.214. The molecule has 1 atom stereocenters. The van der Waals surface area contributed by atoms with E-state index in [4.69, 9.17) is 31.1 Å². The van der Waals surface area contributed by atoms with Crippen molar-refractivity contribution in [3.8, 4) is 0 Å². The minimum atomic E-state index is -1.04. The SMILES string of the molecule is Cl.Cl.N=C(N)c1ccc2oc(C(Cc3cc4ccc(C(=N)N)cc4o3)C(=O)O)cc2c1. The molecule has 2 aromatic carbocycles. The van der Waals surface area contributed by atoms with Gasteiger partial charge in [0.1, 0.15) is 40.3 Å². The van der Waals surface area contributed by atoms with Crippen molar-refractivity contribution in [3.63, 3.8) is 0 Å². The molecule has 0 fully saturated rings. The topological polar surface area (TPSA) is 163 Å². The Kier molecular flexibility index (Phi) is 6.99. The van der Waals surface area contributed by atoms with Crippen LogP contribution in [0.15, 0.2) is 57.4 Å². The van der Waals surface area contributed by atoms with Crippen LogP contribution in [0.2, 0.25) is 0 Å². The minimum absolute atomic E-state index is 0. The molecule has 31 heavy (non-hydrogen) atoms. The zero-order valence-corrected chi connectivity index (χ0v) is 17.7. The number of aliphatic carboxylic acids is 1. The second kappa shape index (κ2) is 9.11. The average molecular weight is 463 g/mol. The van der Waals surface area contributed by atoms with Crippen LogP contribution in [-0.2, 0) is 11.2 Å². The van der Waals surface area contributed by atoms with Crippen molar-refractivity contribution in [1.82, 2.24) is 0 Å². The summed E-state index contributed by atoms with van der Waals surface area (Å²) in [5.41, 5.74) is 13.1. The van der Waals surface area contributed by atoms with Crippen molar-refractivity contribution in [1.29, 1.82) is 10.8 Å². The fourth-order valence-electron chi connectivity index (χ4n) is 3.27. The lowest BCUT2D eigenvalue weighted by atomic mass is 10.0. The van der Waals surface area contributed by atoms with Gasteiger partial charge in [0.15, 0.2) is 0 Å². The fraction of sp³-hybridized carbons (Fsp3) is 0.0952. The minimum Gasteiger partial charge on any atom is -0.481 e. The molecule has 0 amide bonds. The van der Waals surface area contributed by atoms with E-state index in [0.717, 1.165) is 5.39 Å². The molecular formula is C21H20Cl2N4O4. The predicted octanol–water partition coefficient (Wildman–Crippen LogP) is 4.00. The summed E-state index contributed by atoms with van der Waals surface area (Å²) < 4.78 is 11.5. The number of nitrogen functional groups attached to an aromatic ring is 2. The lowest BCUT2D eigenvalue weighted by molar-refractivity contribution is -0.139. The number of rotatable bonds is 6. The van der Waals surface area contributed by atoms with Crippen LogP contribution in [0.4, 0.5) is 0 Å². The number of carbonyl (C=O) groups is 1. The van der Waals surface area contributed by atoms with E-state index in [9.17, 15) is 9.90 Å². The van der Waals surface area contributed by atoms with Gasteiger partial charge in [-0.2, -0.15) is 0 Å². The van der Waals surface area contributed by atoms with Crippen molar-refractivity contribution >= 4 is 64.4 Å². The summed E-state index contributed by atoms with van der Waals surface area (Å²) >= 11 is 0. The molecule has 0 spiro atoms. The van der Waals surface area contributed by atoms with Crippen molar-refractivity contribution in [2.75, 3.05) is 0 Å². The monoisotopic (exact) mass is 462 g/mol. The number of nitrogens with one attached hydrogen (secondary N) is 2. The Balaban J connectivity index is 0.00000171. The van der Waals surface area contributed by atoms with Gasteiger partial charge in [-0.1, -0.05) is 12.1 Å². The van der Waals surface area contributed by atoms with E-state index in [1.165, 1.54) is 0 Å². The third-order valence-electron chi connectivity index (χ3n) is 4.78. The zero-order chi connectivity index (χ0) is 20.7. The van der Waals surface area contributed by atoms with Gasteiger partial charge < -0.3 is 25.4 Å². The first-order valence-electron chi connectivity index (χ1n) is 8.79. The molecule has 0 aliphatic heterocycles. The van der Waals surface area contributed by atoms with Crippen molar-refractivity contribution in [3.05, 3.63) is 71.2 Å². The van der Waals surface area contributed by atoms with Crippen LogP contribution in [0, 0.1) is 10.8 Å². The molecule has 2 heterocycles. The lowest BCUT2D eigenvalue weighted by Gasteiger charge is -2.07. The largest absolute Gasteiger partial charge is 0.481 e. The van der Waals surface area contributed by atoms with E-state index >= 15 is 0 Å². The van der Waals surface area contributed by atoms with Gasteiger partial charge in [0, 0.05) is 28.3 Å². The second-order valence-electron chi connectivity index (χ2n) is 6.79. The molecular weight excluding hydrogens is 443 g/mol. The van der Waals surface area contributed by atoms with E-state index in [1.807, 2.05) is 0 Å². The molecule has 7 N–H and O–H groups in total. The lowest BCUT2D eigenvalue weighted by Crippen LogP contribution is -2.13. The van der Waals surface area contributed by atoms with Gasteiger partial charge in [0.2, 0.25) is 0 Å². The maximum atomic E-state index is 11.9. The van der Waals surface area contributed by atoms with Gasteiger partial charge in [-0.3, -0.25) is 15.6 Å². The Bertz CT molecular complexity index is 1300. The molecule has 4 rings (SSSR count). The van der Waals surface area contributed by atoms with E-state index in [2.05, 4.69) is 0 Å². The summed E-state index contributed by atoms with van der Waals surface area (Å²) in [4.78, 5) is 11.9. The number of fused-ring (bicyclic) bond motifs is 2. The highest BCUT2D eigenvalue weighted by Gasteiger charge is 2.26. The number of carboxylic acid groups (broad SMARTS) is 1. The number of hydrogen-bond donors (Lipinski definition) is 5. The van der Waals surface area contributed by atoms with Crippen molar-refractivity contribution in [2.24, 2.45) is 11.5 Å². The maximum absolute atomic E-state index is 11.9. The molecule has 0 radical (unpaired) electrons. The third-order valence-corrected chi connectivity index (χ3v) is 4.78. The van der Waals surface area contributed by atoms with Gasteiger partial charge in [-0.05, 0) is 36.4 Å². The van der Waals surface area contributed by atoms with Gasteiger partial charge in [0.25, 0.3) is 0 Å². The van der Waals surface area contributed by atoms with Crippen LogP contribution < -0.4 is 11.5 Å². The molecule has 10 heteroatoms. The van der Waals surface area contributed by atoms with Crippen molar-refractivity contribution < 1.29 is 18.7 Å². The molecule has 8 nitrogen and oxygen atoms in total. The third kappa shape index (κ3) is 4.65. The second-order valence-corrected chi connectivity index (χ2v) is 6.79. The molecule has 2 aromatic heterocycles. The predicted molar refractivity (Wildman–Crippen MR) is 123 cm³/mol. The van der Waals surface area contributed by atoms with Gasteiger partial charge in [-0.15, -0.1) is 24.8 Å². The van der Waals surface area contributed by atoms with Crippen LogP contribution in [0.3, 0.4) is 0 Å². The first-order valence-corrected chi connectivity index (χ1v) is 8.79. The number of nitrogens with two attached hydrogens (primary N) is 2. The molecule has 1 unspecified atom stereocenters. The van der Waals surface area contributed by atoms with E-state index in [0.29, 0.717) is 33.4 Å². The molecule has 0 saturated carbocycles. The maximum Gasteiger partial charge on any atom is 0.314 e. The number of benzene rings is 2. The summed E-state index contributed by atoms with van der Waals surface area (Å²) in [6, 6.07) is 13.6. The molecule has 0 bridgehead atoms. The first kappa shape index (κ1) is 23.8. The molecule has 0 saturated heterocycles.